The van der Waals surface area contributed by atoms with Crippen molar-refractivity contribution in [2.24, 2.45) is 0 Å². The van der Waals surface area contributed by atoms with Gasteiger partial charge in [-0.2, -0.15) is 17.4 Å². The van der Waals surface area contributed by atoms with Gasteiger partial charge in [-0.3, -0.25) is 4.90 Å². The molecule has 1 aliphatic heterocycles. The van der Waals surface area contributed by atoms with Crippen molar-refractivity contribution in [3.63, 3.8) is 0 Å². The quantitative estimate of drug-likeness (QED) is 0.813. The van der Waals surface area contributed by atoms with Gasteiger partial charge in [0.15, 0.2) is 0 Å². The van der Waals surface area contributed by atoms with E-state index in [1.807, 2.05) is 38.1 Å². The number of nitrogens with one attached hydrogen (secondary N) is 1. The van der Waals surface area contributed by atoms with Crippen molar-refractivity contribution in [3.8, 4) is 0 Å². The van der Waals surface area contributed by atoms with Gasteiger partial charge in [0.2, 0.25) is 0 Å². The van der Waals surface area contributed by atoms with Crippen molar-refractivity contribution in [3.05, 3.63) is 34.9 Å². The van der Waals surface area contributed by atoms with Crippen molar-refractivity contribution in [2.45, 2.75) is 39.3 Å². The van der Waals surface area contributed by atoms with E-state index < -0.39 is 10.2 Å². The largest absolute Gasteiger partial charge is 0.299 e. The Balaban J connectivity index is 1.83. The lowest BCUT2D eigenvalue weighted by molar-refractivity contribution is 0.199. The molecule has 130 valence electrons. The van der Waals surface area contributed by atoms with Crippen LogP contribution in [0.2, 0.25) is 5.02 Å². The van der Waals surface area contributed by atoms with Crippen LogP contribution in [0.15, 0.2) is 24.3 Å². The Morgan fingerprint density at radius 2 is 1.74 bits per heavy atom. The van der Waals surface area contributed by atoms with Crippen molar-refractivity contribution in [1.82, 2.24) is 13.9 Å². The molecule has 0 amide bonds. The lowest BCUT2D eigenvalue weighted by Gasteiger charge is -2.33. The summed E-state index contributed by atoms with van der Waals surface area (Å²) in [6.07, 6.45) is 1.68. The standard InChI is InChI=1S/C16H26ClN3O2S/c1-3-20(4-2)23(21,22)18-16-9-11-19(12-10-16)13-14-5-7-15(17)8-6-14/h5-8,16,18H,3-4,9-13H2,1-2H3. The first-order valence-electron chi connectivity index (χ1n) is 8.18. The van der Waals surface area contributed by atoms with E-state index in [4.69, 9.17) is 11.6 Å². The summed E-state index contributed by atoms with van der Waals surface area (Å²) in [4.78, 5) is 2.35. The second-order valence-corrected chi connectivity index (χ2v) is 8.02. The zero-order chi connectivity index (χ0) is 16.9. The van der Waals surface area contributed by atoms with E-state index in [0.717, 1.165) is 37.5 Å². The summed E-state index contributed by atoms with van der Waals surface area (Å²) in [6.45, 7) is 7.40. The number of hydrogen-bond donors (Lipinski definition) is 1. The van der Waals surface area contributed by atoms with E-state index >= 15 is 0 Å². The molecule has 1 aliphatic rings. The highest BCUT2D eigenvalue weighted by Gasteiger charge is 2.26. The summed E-state index contributed by atoms with van der Waals surface area (Å²) in [5.41, 5.74) is 1.23. The number of nitrogens with zero attached hydrogens (tertiary/aromatic N) is 2. The number of halogens is 1. The lowest BCUT2D eigenvalue weighted by Crippen LogP contribution is -2.49. The molecule has 0 aliphatic carbocycles. The summed E-state index contributed by atoms with van der Waals surface area (Å²) < 4.78 is 28.8. The van der Waals surface area contributed by atoms with Crippen LogP contribution < -0.4 is 4.72 Å². The Bertz CT molecular complexity index is 580. The average Bonchev–Trinajstić information content (AvgIpc) is 2.52. The van der Waals surface area contributed by atoms with Crippen LogP contribution in [-0.4, -0.2) is 49.8 Å². The van der Waals surface area contributed by atoms with Gasteiger partial charge in [0, 0.05) is 43.8 Å². The monoisotopic (exact) mass is 359 g/mol. The predicted molar refractivity (Wildman–Crippen MR) is 94.7 cm³/mol. The fourth-order valence-electron chi connectivity index (χ4n) is 2.91. The van der Waals surface area contributed by atoms with Crippen LogP contribution in [0, 0.1) is 0 Å². The Morgan fingerprint density at radius 1 is 1.17 bits per heavy atom. The van der Waals surface area contributed by atoms with Gasteiger partial charge in [0.25, 0.3) is 10.2 Å². The molecule has 0 bridgehead atoms. The van der Waals surface area contributed by atoms with Crippen LogP contribution in [0.3, 0.4) is 0 Å². The zero-order valence-corrected chi connectivity index (χ0v) is 15.4. The fraction of sp³-hybridized carbons (Fsp3) is 0.625. The molecule has 0 unspecified atom stereocenters. The molecule has 0 spiro atoms. The second-order valence-electron chi connectivity index (χ2n) is 5.88. The van der Waals surface area contributed by atoms with Gasteiger partial charge in [-0.05, 0) is 30.5 Å². The molecule has 0 radical (unpaired) electrons. The number of likely N-dealkylation sites (tertiary alicyclic amines) is 1. The molecule has 1 aromatic carbocycles. The molecular formula is C16H26ClN3O2S. The lowest BCUT2D eigenvalue weighted by atomic mass is 10.1. The molecule has 1 saturated heterocycles. The van der Waals surface area contributed by atoms with Gasteiger partial charge in [-0.15, -0.1) is 0 Å². The number of piperidine rings is 1. The van der Waals surface area contributed by atoms with E-state index in [9.17, 15) is 8.42 Å². The molecule has 5 nitrogen and oxygen atoms in total. The third kappa shape index (κ3) is 5.43. The Labute approximate surface area is 144 Å². The van der Waals surface area contributed by atoms with Crippen molar-refractivity contribution in [1.29, 1.82) is 0 Å². The van der Waals surface area contributed by atoms with Crippen molar-refractivity contribution < 1.29 is 8.42 Å². The van der Waals surface area contributed by atoms with Gasteiger partial charge in [0.1, 0.15) is 0 Å². The van der Waals surface area contributed by atoms with Crippen LogP contribution >= 0.6 is 11.6 Å². The molecule has 0 saturated carbocycles. The molecule has 1 aromatic rings. The highest BCUT2D eigenvalue weighted by Crippen LogP contribution is 2.16. The predicted octanol–water partition coefficient (Wildman–Crippen LogP) is 2.48. The second kappa shape index (κ2) is 8.44. The number of benzene rings is 1. The molecule has 2 rings (SSSR count). The van der Waals surface area contributed by atoms with Gasteiger partial charge < -0.3 is 0 Å². The minimum atomic E-state index is -3.35. The summed E-state index contributed by atoms with van der Waals surface area (Å²) in [5.74, 6) is 0. The van der Waals surface area contributed by atoms with E-state index in [1.165, 1.54) is 9.87 Å². The first-order chi connectivity index (χ1) is 10.9. The topological polar surface area (TPSA) is 52.7 Å². The normalized spacial score (nSPS) is 17.7. The molecule has 0 atom stereocenters. The summed E-state index contributed by atoms with van der Waals surface area (Å²) in [5, 5.41) is 0.748. The average molecular weight is 360 g/mol. The molecule has 0 aromatic heterocycles. The highest BCUT2D eigenvalue weighted by molar-refractivity contribution is 7.87. The van der Waals surface area contributed by atoms with Crippen LogP contribution in [-0.2, 0) is 16.8 Å². The van der Waals surface area contributed by atoms with Crippen LogP contribution in [0.1, 0.15) is 32.3 Å². The maximum Gasteiger partial charge on any atom is 0.279 e. The maximum absolute atomic E-state index is 12.3. The SMILES string of the molecule is CCN(CC)S(=O)(=O)NC1CCN(Cc2ccc(Cl)cc2)CC1. The number of hydrogen-bond acceptors (Lipinski definition) is 3. The Kier molecular flexibility index (Phi) is 6.85. The number of rotatable bonds is 7. The summed E-state index contributed by atoms with van der Waals surface area (Å²) >= 11 is 5.90. The van der Waals surface area contributed by atoms with E-state index in [-0.39, 0.29) is 6.04 Å². The smallest absolute Gasteiger partial charge is 0.279 e. The third-order valence-corrected chi connectivity index (χ3v) is 6.35. The molecule has 1 N–H and O–H groups in total. The molecule has 23 heavy (non-hydrogen) atoms. The molecule has 1 heterocycles. The van der Waals surface area contributed by atoms with E-state index in [2.05, 4.69) is 9.62 Å². The van der Waals surface area contributed by atoms with Gasteiger partial charge in [-0.25, -0.2) is 0 Å². The van der Waals surface area contributed by atoms with Crippen LogP contribution in [0.4, 0.5) is 0 Å². The fourth-order valence-corrected chi connectivity index (χ4v) is 4.52. The maximum atomic E-state index is 12.3. The van der Waals surface area contributed by atoms with Crippen molar-refractivity contribution >= 4 is 21.8 Å². The van der Waals surface area contributed by atoms with Gasteiger partial charge >= 0.3 is 0 Å². The molecule has 1 fully saturated rings. The first-order valence-corrected chi connectivity index (χ1v) is 10.0. The molecular weight excluding hydrogens is 334 g/mol. The Hall–Kier alpha value is -0.660. The minimum Gasteiger partial charge on any atom is -0.299 e. The zero-order valence-electron chi connectivity index (χ0n) is 13.8. The Morgan fingerprint density at radius 3 is 2.26 bits per heavy atom. The highest BCUT2D eigenvalue weighted by atomic mass is 35.5. The summed E-state index contributed by atoms with van der Waals surface area (Å²) in [7, 11) is -3.35. The first kappa shape index (κ1) is 18.7. The van der Waals surface area contributed by atoms with Crippen LogP contribution in [0.5, 0.6) is 0 Å². The van der Waals surface area contributed by atoms with Gasteiger partial charge in [0.05, 0.1) is 0 Å². The summed E-state index contributed by atoms with van der Waals surface area (Å²) in [6, 6.07) is 7.92. The van der Waals surface area contributed by atoms with Crippen molar-refractivity contribution in [2.75, 3.05) is 26.2 Å². The van der Waals surface area contributed by atoms with Crippen LogP contribution in [0.25, 0.3) is 0 Å². The van der Waals surface area contributed by atoms with Gasteiger partial charge in [-0.1, -0.05) is 37.6 Å². The van der Waals surface area contributed by atoms with E-state index in [1.54, 1.807) is 0 Å². The molecule has 7 heteroatoms. The third-order valence-electron chi connectivity index (χ3n) is 4.27. The van der Waals surface area contributed by atoms with E-state index in [0.29, 0.717) is 13.1 Å². The minimum absolute atomic E-state index is 0.0297.